The molecule has 6 rings (SSSR count). The second-order valence-corrected chi connectivity index (χ2v) is 12.6. The Labute approximate surface area is 271 Å². The Bertz CT molecular complexity index is 1520. The quantitative estimate of drug-likeness (QED) is 0.167. The van der Waals surface area contributed by atoms with E-state index in [0.29, 0.717) is 37.1 Å². The summed E-state index contributed by atoms with van der Waals surface area (Å²) in [6.45, 7) is 1.53. The molecular weight excluding hydrogens is 610 g/mol. The van der Waals surface area contributed by atoms with Crippen molar-refractivity contribution in [2.24, 2.45) is 0 Å². The van der Waals surface area contributed by atoms with Crippen LogP contribution in [0.15, 0.2) is 36.4 Å². The summed E-state index contributed by atoms with van der Waals surface area (Å²) in [5.41, 5.74) is 4.84. The van der Waals surface area contributed by atoms with Crippen molar-refractivity contribution in [1.82, 2.24) is 4.90 Å². The van der Waals surface area contributed by atoms with E-state index in [2.05, 4.69) is 23.7 Å². The van der Waals surface area contributed by atoms with Crippen molar-refractivity contribution < 1.29 is 55.1 Å². The standard InChI is InChI=1S/C35H39NO11/c1-18(39)36-12-10-35(11-13-36)23-14-19(4-8-25-29(40)33(44)31(42)27(16-37)46-25)2-6-21(23)22-7-3-20(15-24(22)35)5-9-26-30(41)34(45)32(43)28(17-38)47-26/h2-3,6-7,14-15,25-34,37-38,40-45H,10-13,16-17H2,1H3/t25-,26?,27-,28?,29-,30-,31?,32-,33-,34?/m1/s1. The number of fused-ring (bicyclic) bond motifs is 5. The number of nitrogens with zero attached hydrogens (tertiary/aromatic N) is 1. The molecule has 3 aliphatic heterocycles. The van der Waals surface area contributed by atoms with Gasteiger partial charge in [0.2, 0.25) is 5.91 Å². The number of carbonyl (C=O) groups excluding carboxylic acids is 1. The van der Waals surface area contributed by atoms with Crippen molar-refractivity contribution in [3.63, 3.8) is 0 Å². The highest BCUT2D eigenvalue weighted by Gasteiger charge is 2.47. The molecule has 12 nitrogen and oxygen atoms in total. The lowest BCUT2D eigenvalue weighted by molar-refractivity contribution is -0.214. The fraction of sp³-hybridized carbons (Fsp3) is 0.514. The van der Waals surface area contributed by atoms with Crippen LogP contribution in [0.25, 0.3) is 11.1 Å². The fourth-order valence-corrected chi connectivity index (χ4v) is 7.14. The molecule has 2 aromatic carbocycles. The van der Waals surface area contributed by atoms with Crippen LogP contribution in [0.3, 0.4) is 0 Å². The SMILES string of the molecule is CC(=O)N1CCC2(CC1)c1cc(C#CC3OC(CO)[C@@H](O)C(O)[C@@H]3O)ccc1-c1ccc(C#C[C@H]3O[C@H](CO)C(O)[C@H](O)[C@@H]3O)cc12. The van der Waals surface area contributed by atoms with Gasteiger partial charge in [-0.1, -0.05) is 35.8 Å². The normalized spacial score (nSPS) is 34.0. The number of aliphatic hydroxyl groups excluding tert-OH is 8. The monoisotopic (exact) mass is 649 g/mol. The number of amides is 1. The average Bonchev–Trinajstić information content (AvgIpc) is 3.33. The van der Waals surface area contributed by atoms with Crippen LogP contribution in [-0.4, -0.2) is 139 Å². The third kappa shape index (κ3) is 5.96. The molecule has 0 saturated carbocycles. The first-order chi connectivity index (χ1) is 22.5. The van der Waals surface area contributed by atoms with Crippen molar-refractivity contribution in [2.45, 2.75) is 86.2 Å². The highest BCUT2D eigenvalue weighted by molar-refractivity contribution is 5.83. The van der Waals surface area contributed by atoms with Crippen LogP contribution >= 0.6 is 0 Å². The van der Waals surface area contributed by atoms with Crippen LogP contribution < -0.4 is 0 Å². The highest BCUT2D eigenvalue weighted by atomic mass is 16.5. The molecule has 2 aromatic rings. The van der Waals surface area contributed by atoms with E-state index in [0.717, 1.165) is 22.3 Å². The lowest BCUT2D eigenvalue weighted by Gasteiger charge is -2.40. The minimum Gasteiger partial charge on any atom is -0.394 e. The maximum Gasteiger partial charge on any atom is 0.219 e. The van der Waals surface area contributed by atoms with Crippen molar-refractivity contribution in [2.75, 3.05) is 26.3 Å². The number of aliphatic hydroxyl groups is 8. The molecule has 1 spiro atoms. The Hall–Kier alpha value is -3.37. The molecule has 1 aliphatic carbocycles. The smallest absolute Gasteiger partial charge is 0.219 e. The van der Waals surface area contributed by atoms with E-state index >= 15 is 0 Å². The molecule has 0 bridgehead atoms. The summed E-state index contributed by atoms with van der Waals surface area (Å²) in [7, 11) is 0. The van der Waals surface area contributed by atoms with Crippen molar-refractivity contribution in [3.05, 3.63) is 58.7 Å². The van der Waals surface area contributed by atoms with Crippen LogP contribution in [0.2, 0.25) is 0 Å². The van der Waals surface area contributed by atoms with Crippen LogP contribution in [0.5, 0.6) is 0 Å². The lowest BCUT2D eigenvalue weighted by atomic mass is 9.70. The second kappa shape index (κ2) is 13.3. The van der Waals surface area contributed by atoms with Crippen molar-refractivity contribution >= 4 is 5.91 Å². The first-order valence-corrected chi connectivity index (χ1v) is 15.7. The molecule has 4 unspecified atom stereocenters. The Morgan fingerprint density at radius 3 is 1.53 bits per heavy atom. The molecule has 1 amide bonds. The zero-order valence-corrected chi connectivity index (χ0v) is 25.7. The largest absolute Gasteiger partial charge is 0.394 e. The molecule has 12 heteroatoms. The van der Waals surface area contributed by atoms with Gasteiger partial charge in [-0.25, -0.2) is 0 Å². The van der Waals surface area contributed by atoms with Gasteiger partial charge in [0.1, 0.15) is 61.0 Å². The second-order valence-electron chi connectivity index (χ2n) is 12.6. The zero-order valence-electron chi connectivity index (χ0n) is 25.7. The summed E-state index contributed by atoms with van der Waals surface area (Å²) in [4.78, 5) is 14.0. The Morgan fingerprint density at radius 1 is 0.723 bits per heavy atom. The Kier molecular flexibility index (Phi) is 9.46. The van der Waals surface area contributed by atoms with E-state index in [9.17, 15) is 45.6 Å². The summed E-state index contributed by atoms with van der Waals surface area (Å²) < 4.78 is 11.1. The molecule has 250 valence electrons. The first kappa shape index (κ1) is 33.5. The predicted octanol–water partition coefficient (Wildman–Crippen LogP) is -2.02. The minimum absolute atomic E-state index is 0.00316. The number of carbonyl (C=O) groups is 1. The maximum atomic E-state index is 12.2. The van der Waals surface area contributed by atoms with Gasteiger partial charge in [0.25, 0.3) is 0 Å². The molecule has 10 atom stereocenters. The average molecular weight is 650 g/mol. The van der Waals surface area contributed by atoms with E-state index in [1.54, 1.807) is 6.92 Å². The molecule has 3 fully saturated rings. The van der Waals surface area contributed by atoms with Crippen LogP contribution in [0, 0.1) is 23.7 Å². The third-order valence-electron chi connectivity index (χ3n) is 9.92. The van der Waals surface area contributed by atoms with Crippen LogP contribution in [-0.2, 0) is 19.7 Å². The van der Waals surface area contributed by atoms with Gasteiger partial charge in [0.05, 0.1) is 13.2 Å². The summed E-state index contributed by atoms with van der Waals surface area (Å²) in [6.07, 6.45) is -12.0. The van der Waals surface area contributed by atoms with E-state index in [4.69, 9.17) is 9.47 Å². The van der Waals surface area contributed by atoms with Gasteiger partial charge >= 0.3 is 0 Å². The number of piperidine rings is 1. The number of ether oxygens (including phenoxy) is 2. The molecule has 47 heavy (non-hydrogen) atoms. The molecule has 4 aliphatic rings. The first-order valence-electron chi connectivity index (χ1n) is 15.7. The summed E-state index contributed by atoms with van der Waals surface area (Å²) >= 11 is 0. The number of benzene rings is 2. The fourth-order valence-electron chi connectivity index (χ4n) is 7.14. The summed E-state index contributed by atoms with van der Waals surface area (Å²) in [5.74, 6) is 11.7. The Balaban J connectivity index is 1.34. The highest BCUT2D eigenvalue weighted by Crippen LogP contribution is 2.54. The number of likely N-dealkylation sites (tertiary alicyclic amines) is 1. The van der Waals surface area contributed by atoms with Gasteiger partial charge in [-0.3, -0.25) is 4.79 Å². The molecule has 0 aromatic heterocycles. The van der Waals surface area contributed by atoms with Crippen LogP contribution in [0.1, 0.15) is 42.0 Å². The van der Waals surface area contributed by atoms with Crippen molar-refractivity contribution in [1.29, 1.82) is 0 Å². The topological polar surface area (TPSA) is 201 Å². The lowest BCUT2D eigenvalue weighted by Crippen LogP contribution is -2.58. The van der Waals surface area contributed by atoms with Crippen LogP contribution in [0.4, 0.5) is 0 Å². The predicted molar refractivity (Wildman–Crippen MR) is 165 cm³/mol. The Morgan fingerprint density at radius 2 is 1.15 bits per heavy atom. The van der Waals surface area contributed by atoms with E-state index < -0.39 is 79.7 Å². The summed E-state index contributed by atoms with van der Waals surface area (Å²) in [5, 5.41) is 80.4. The van der Waals surface area contributed by atoms with E-state index in [1.165, 1.54) is 0 Å². The molecule has 3 heterocycles. The zero-order chi connectivity index (χ0) is 33.6. The third-order valence-corrected chi connectivity index (χ3v) is 9.92. The number of hydrogen-bond acceptors (Lipinski definition) is 11. The summed E-state index contributed by atoms with van der Waals surface area (Å²) in [6, 6.07) is 11.6. The van der Waals surface area contributed by atoms with Gasteiger partial charge in [-0.15, -0.1) is 0 Å². The molecule has 8 N–H and O–H groups in total. The van der Waals surface area contributed by atoms with E-state index in [-0.39, 0.29) is 5.91 Å². The molecular formula is C35H39NO11. The number of rotatable bonds is 2. The van der Waals surface area contributed by atoms with Gasteiger partial charge in [-0.2, -0.15) is 0 Å². The van der Waals surface area contributed by atoms with Gasteiger partial charge < -0.3 is 55.2 Å². The number of hydrogen-bond donors (Lipinski definition) is 8. The van der Waals surface area contributed by atoms with Crippen molar-refractivity contribution in [3.8, 4) is 34.8 Å². The van der Waals surface area contributed by atoms with Gasteiger partial charge in [0.15, 0.2) is 0 Å². The molecule has 0 radical (unpaired) electrons. The minimum atomic E-state index is -1.53. The maximum absolute atomic E-state index is 12.2. The van der Waals surface area contributed by atoms with Gasteiger partial charge in [-0.05, 0) is 59.4 Å². The van der Waals surface area contributed by atoms with E-state index in [1.807, 2.05) is 41.3 Å². The molecule has 3 saturated heterocycles. The van der Waals surface area contributed by atoms with Gasteiger partial charge in [0, 0.05) is 36.6 Å².